The van der Waals surface area contributed by atoms with Gasteiger partial charge in [-0.05, 0) is 36.8 Å². The average molecular weight is 299 g/mol. The van der Waals surface area contributed by atoms with Gasteiger partial charge in [-0.1, -0.05) is 6.07 Å². The molecule has 2 aromatic carbocycles. The molecule has 0 atom stereocenters. The van der Waals surface area contributed by atoms with E-state index in [1.165, 1.54) is 19.1 Å². The molecule has 0 bridgehead atoms. The Morgan fingerprint density at radius 1 is 1.10 bits per heavy atom. The summed E-state index contributed by atoms with van der Waals surface area (Å²) in [6.07, 6.45) is 0. The molecule has 106 valence electrons. The summed E-state index contributed by atoms with van der Waals surface area (Å²) < 4.78 is 52.6. The summed E-state index contributed by atoms with van der Waals surface area (Å²) in [6, 6.07) is 6.42. The Kier molecular flexibility index (Phi) is 3.63. The normalized spacial score (nSPS) is 11.3. The summed E-state index contributed by atoms with van der Waals surface area (Å²) in [5.41, 5.74) is 0.294. The minimum atomic E-state index is -4.03. The number of hydrogen-bond acceptors (Lipinski definition) is 3. The van der Waals surface area contributed by atoms with Crippen LogP contribution in [0, 0.1) is 18.6 Å². The number of aryl methyl sites for hydroxylation is 1. The molecule has 0 aliphatic carbocycles. The van der Waals surface area contributed by atoms with E-state index in [9.17, 15) is 17.2 Å². The first kappa shape index (κ1) is 14.3. The van der Waals surface area contributed by atoms with Crippen LogP contribution >= 0.6 is 0 Å². The SMILES string of the molecule is Cc1ccc(F)cc1S(=O)(=O)Nc1ccc(O)c(F)c1. The van der Waals surface area contributed by atoms with E-state index in [-0.39, 0.29) is 10.6 Å². The number of halogens is 2. The van der Waals surface area contributed by atoms with Crippen LogP contribution in [-0.4, -0.2) is 13.5 Å². The quantitative estimate of drug-likeness (QED) is 0.856. The molecule has 2 aromatic rings. The molecule has 20 heavy (non-hydrogen) atoms. The summed E-state index contributed by atoms with van der Waals surface area (Å²) in [5, 5.41) is 9.04. The van der Waals surface area contributed by atoms with E-state index < -0.39 is 27.4 Å². The van der Waals surface area contributed by atoms with Crippen molar-refractivity contribution >= 4 is 15.7 Å². The maximum absolute atomic E-state index is 13.2. The van der Waals surface area contributed by atoms with E-state index in [4.69, 9.17) is 5.11 Å². The molecular formula is C13H11F2NO3S. The van der Waals surface area contributed by atoms with E-state index in [1.54, 1.807) is 0 Å². The molecule has 0 aliphatic heterocycles. The Morgan fingerprint density at radius 2 is 1.80 bits per heavy atom. The smallest absolute Gasteiger partial charge is 0.262 e. The van der Waals surface area contributed by atoms with Crippen LogP contribution in [0.3, 0.4) is 0 Å². The number of rotatable bonds is 3. The predicted octanol–water partition coefficient (Wildman–Crippen LogP) is 2.78. The highest BCUT2D eigenvalue weighted by Gasteiger charge is 2.18. The summed E-state index contributed by atoms with van der Waals surface area (Å²) in [6.45, 7) is 1.52. The molecule has 0 radical (unpaired) electrons. The Balaban J connectivity index is 2.40. The Morgan fingerprint density at radius 3 is 2.45 bits per heavy atom. The van der Waals surface area contributed by atoms with E-state index in [1.807, 2.05) is 0 Å². The number of sulfonamides is 1. The van der Waals surface area contributed by atoms with Crippen molar-refractivity contribution in [2.75, 3.05) is 4.72 Å². The van der Waals surface area contributed by atoms with Crippen molar-refractivity contribution in [2.45, 2.75) is 11.8 Å². The third-order valence-corrected chi connectivity index (χ3v) is 4.16. The molecule has 0 heterocycles. The molecular weight excluding hydrogens is 288 g/mol. The van der Waals surface area contributed by atoms with Gasteiger partial charge in [0.05, 0.1) is 10.6 Å². The fourth-order valence-corrected chi connectivity index (χ4v) is 2.95. The monoisotopic (exact) mass is 299 g/mol. The number of anilines is 1. The van der Waals surface area contributed by atoms with Crippen LogP contribution in [0.15, 0.2) is 41.3 Å². The highest BCUT2D eigenvalue weighted by atomic mass is 32.2. The molecule has 7 heteroatoms. The minimum Gasteiger partial charge on any atom is -0.505 e. The summed E-state index contributed by atoms with van der Waals surface area (Å²) >= 11 is 0. The molecule has 2 N–H and O–H groups in total. The lowest BCUT2D eigenvalue weighted by Gasteiger charge is -2.10. The zero-order chi connectivity index (χ0) is 14.9. The average Bonchev–Trinajstić information content (AvgIpc) is 2.36. The zero-order valence-corrected chi connectivity index (χ0v) is 11.2. The number of phenolic OH excluding ortho intramolecular Hbond substituents is 1. The second kappa shape index (κ2) is 5.09. The second-order valence-electron chi connectivity index (χ2n) is 4.18. The van der Waals surface area contributed by atoms with Crippen LogP contribution in [0.4, 0.5) is 14.5 Å². The van der Waals surface area contributed by atoms with Gasteiger partial charge in [-0.15, -0.1) is 0 Å². The van der Waals surface area contributed by atoms with Crippen molar-refractivity contribution in [1.29, 1.82) is 0 Å². The van der Waals surface area contributed by atoms with Crippen molar-refractivity contribution in [1.82, 2.24) is 0 Å². The molecule has 0 saturated heterocycles. The molecule has 2 rings (SSSR count). The lowest BCUT2D eigenvalue weighted by molar-refractivity contribution is 0.432. The highest BCUT2D eigenvalue weighted by Crippen LogP contribution is 2.23. The van der Waals surface area contributed by atoms with Gasteiger partial charge in [-0.2, -0.15) is 0 Å². The molecule has 0 aromatic heterocycles. The van der Waals surface area contributed by atoms with Gasteiger partial charge in [-0.3, -0.25) is 4.72 Å². The van der Waals surface area contributed by atoms with Crippen LogP contribution in [0.5, 0.6) is 5.75 Å². The van der Waals surface area contributed by atoms with E-state index in [0.29, 0.717) is 5.56 Å². The van der Waals surface area contributed by atoms with Gasteiger partial charge in [0, 0.05) is 6.07 Å². The summed E-state index contributed by atoms with van der Waals surface area (Å²) in [7, 11) is -4.03. The van der Waals surface area contributed by atoms with Crippen molar-refractivity contribution in [2.24, 2.45) is 0 Å². The first-order chi connectivity index (χ1) is 9.29. The van der Waals surface area contributed by atoms with E-state index >= 15 is 0 Å². The molecule has 0 spiro atoms. The second-order valence-corrected chi connectivity index (χ2v) is 5.83. The maximum Gasteiger partial charge on any atom is 0.262 e. The number of benzene rings is 2. The lowest BCUT2D eigenvalue weighted by atomic mass is 10.2. The van der Waals surface area contributed by atoms with Gasteiger partial charge in [0.25, 0.3) is 10.0 Å². The van der Waals surface area contributed by atoms with Gasteiger partial charge < -0.3 is 5.11 Å². The zero-order valence-electron chi connectivity index (χ0n) is 10.4. The van der Waals surface area contributed by atoms with Crippen LogP contribution < -0.4 is 4.72 Å². The van der Waals surface area contributed by atoms with Crippen LogP contribution in [0.1, 0.15) is 5.56 Å². The first-order valence-corrected chi connectivity index (χ1v) is 7.05. The predicted molar refractivity (Wildman–Crippen MR) is 70.0 cm³/mol. The molecule has 0 amide bonds. The van der Waals surface area contributed by atoms with Gasteiger partial charge in [0.2, 0.25) is 0 Å². The fourth-order valence-electron chi connectivity index (χ4n) is 1.64. The third-order valence-electron chi connectivity index (χ3n) is 2.64. The van der Waals surface area contributed by atoms with Crippen molar-refractivity contribution < 1.29 is 22.3 Å². The van der Waals surface area contributed by atoms with E-state index in [2.05, 4.69) is 4.72 Å². The van der Waals surface area contributed by atoms with Crippen molar-refractivity contribution in [3.63, 3.8) is 0 Å². The lowest BCUT2D eigenvalue weighted by Crippen LogP contribution is -2.14. The van der Waals surface area contributed by atoms with Crippen LogP contribution in [0.2, 0.25) is 0 Å². The van der Waals surface area contributed by atoms with Crippen molar-refractivity contribution in [3.05, 3.63) is 53.6 Å². The van der Waals surface area contributed by atoms with Crippen LogP contribution in [0.25, 0.3) is 0 Å². The standard InChI is InChI=1S/C13H11F2NO3S/c1-8-2-3-9(14)6-13(8)20(18,19)16-10-4-5-12(17)11(15)7-10/h2-7,16-17H,1H3. The number of aromatic hydroxyl groups is 1. The molecule has 0 fully saturated rings. The fraction of sp³-hybridized carbons (Fsp3) is 0.0769. The molecule has 0 aliphatic rings. The number of nitrogens with one attached hydrogen (secondary N) is 1. The van der Waals surface area contributed by atoms with Crippen LogP contribution in [-0.2, 0) is 10.0 Å². The summed E-state index contributed by atoms with van der Waals surface area (Å²) in [4.78, 5) is -0.231. The molecule has 4 nitrogen and oxygen atoms in total. The highest BCUT2D eigenvalue weighted by molar-refractivity contribution is 7.92. The van der Waals surface area contributed by atoms with Gasteiger partial charge >= 0.3 is 0 Å². The topological polar surface area (TPSA) is 66.4 Å². The van der Waals surface area contributed by atoms with E-state index in [0.717, 1.165) is 24.3 Å². The Bertz CT molecular complexity index is 760. The van der Waals surface area contributed by atoms with Gasteiger partial charge in [0.1, 0.15) is 5.82 Å². The maximum atomic E-state index is 13.2. The largest absolute Gasteiger partial charge is 0.505 e. The number of phenols is 1. The van der Waals surface area contributed by atoms with Crippen molar-refractivity contribution in [3.8, 4) is 5.75 Å². The molecule has 0 saturated carbocycles. The third kappa shape index (κ3) is 2.88. The summed E-state index contributed by atoms with van der Waals surface area (Å²) in [5.74, 6) is -2.23. The van der Waals surface area contributed by atoms with Gasteiger partial charge in [0.15, 0.2) is 11.6 Å². The number of hydrogen-bond donors (Lipinski definition) is 2. The first-order valence-electron chi connectivity index (χ1n) is 5.57. The minimum absolute atomic E-state index is 0.0658. The Hall–Kier alpha value is -2.15. The Labute approximate surface area is 114 Å². The molecule has 0 unspecified atom stereocenters. The van der Waals surface area contributed by atoms with Gasteiger partial charge in [-0.25, -0.2) is 17.2 Å².